The summed E-state index contributed by atoms with van der Waals surface area (Å²) in [6.07, 6.45) is -0.0747. The van der Waals surface area contributed by atoms with Crippen LogP contribution in [0.2, 0.25) is 0 Å². The number of anilines is 1. The van der Waals surface area contributed by atoms with Crippen molar-refractivity contribution >= 4 is 51.3 Å². The molecule has 0 spiro atoms. The van der Waals surface area contributed by atoms with E-state index in [1.54, 1.807) is 10.8 Å². The van der Waals surface area contributed by atoms with Crippen LogP contribution in [-0.2, 0) is 25.6 Å². The molecule has 0 bridgehead atoms. The molecule has 4 rings (SSSR count). The molecule has 2 aliphatic rings. The largest absolute Gasteiger partial charge is 0.386 e. The Morgan fingerprint density at radius 1 is 1.48 bits per heavy atom. The van der Waals surface area contributed by atoms with Gasteiger partial charge in [-0.2, -0.15) is 0 Å². The van der Waals surface area contributed by atoms with Gasteiger partial charge in [-0.3, -0.25) is 4.52 Å². The third kappa shape index (κ3) is 2.52. The zero-order chi connectivity index (χ0) is 16.4. The number of nitrogen functional groups attached to an aromatic ring is 1. The van der Waals surface area contributed by atoms with Gasteiger partial charge in [-0.25, -0.2) is 9.97 Å². The first-order valence-electron chi connectivity index (χ1n) is 6.63. The van der Waals surface area contributed by atoms with Crippen molar-refractivity contribution < 1.29 is 23.8 Å². The van der Waals surface area contributed by atoms with Crippen LogP contribution in [-0.4, -0.2) is 49.5 Å². The average molecular weight is 423 g/mol. The summed E-state index contributed by atoms with van der Waals surface area (Å²) in [5, 5.41) is 11.2. The molecule has 23 heavy (non-hydrogen) atoms. The summed E-state index contributed by atoms with van der Waals surface area (Å²) < 4.78 is 18.5. The van der Waals surface area contributed by atoms with Gasteiger partial charge in [0.2, 0.25) is 0 Å². The van der Waals surface area contributed by atoms with E-state index in [0.29, 0.717) is 21.3 Å². The Morgan fingerprint density at radius 3 is 3.04 bits per heavy atom. The van der Waals surface area contributed by atoms with Gasteiger partial charge in [-0.15, -0.1) is 0 Å². The maximum atomic E-state index is 10.6. The van der Waals surface area contributed by atoms with Crippen molar-refractivity contribution in [1.29, 1.82) is 0 Å². The number of aromatic nitrogens is 3. The van der Waals surface area contributed by atoms with Gasteiger partial charge in [0.25, 0.3) is 0 Å². The van der Waals surface area contributed by atoms with Crippen LogP contribution >= 0.6 is 22.6 Å². The van der Waals surface area contributed by atoms with E-state index in [2.05, 4.69) is 25.9 Å². The Bertz CT molecular complexity index is 834. The Balaban J connectivity index is 1.75. The molecule has 124 valence electrons. The Morgan fingerprint density at radius 2 is 2.26 bits per heavy atom. The summed E-state index contributed by atoms with van der Waals surface area (Å²) in [6, 6.07) is 0. The van der Waals surface area contributed by atoms with Crippen LogP contribution in [0, 0.1) is 0 Å². The minimum absolute atomic E-state index is 0.0590. The number of rotatable bonds is 1. The summed E-state index contributed by atoms with van der Waals surface area (Å²) >= 11 is 8.24. The highest BCUT2D eigenvalue weighted by Gasteiger charge is 2.51. The number of nitrogens with two attached hydrogens (primary N) is 1. The van der Waals surface area contributed by atoms with Crippen molar-refractivity contribution in [3.05, 3.63) is 17.0 Å². The number of hydrogen-bond donors (Lipinski definition) is 3. The molecule has 2 aromatic rings. The zero-order valence-corrected chi connectivity index (χ0v) is 14.7. The SMILES string of the molecule is Nc1ncnc2c1c(Br)cn2[C@@H]1O[C@@H]2COP(O)(=S)O[C@H]2[C@H]1O. The predicted octanol–water partition coefficient (Wildman–Crippen LogP) is 0.667. The standard InChI is InChI=1S/C11H12BrN4O5PS/c12-4-1-16(10-6(4)9(13)14-3-15-10)11-7(17)8-5(20-11)2-19-22(18,23)21-8/h1,3,5,7-8,11,17H,2H2,(H,18,23)(H2,13,14,15)/t5-,7-,8-,11-,22?/m1/s1. The molecule has 5 atom stereocenters. The maximum absolute atomic E-state index is 10.6. The number of fused-ring (bicyclic) bond motifs is 2. The fraction of sp³-hybridized carbons (Fsp3) is 0.455. The molecule has 0 radical (unpaired) electrons. The van der Waals surface area contributed by atoms with Gasteiger partial charge in [-0.1, -0.05) is 0 Å². The first-order chi connectivity index (χ1) is 10.9. The van der Waals surface area contributed by atoms with E-state index in [0.717, 1.165) is 0 Å². The molecule has 12 heteroatoms. The molecule has 0 aromatic carbocycles. The Kier molecular flexibility index (Phi) is 3.74. The number of aliphatic hydroxyl groups excluding tert-OH is 1. The second kappa shape index (κ2) is 5.43. The molecule has 9 nitrogen and oxygen atoms in total. The number of halogens is 1. The quantitative estimate of drug-likeness (QED) is 0.568. The van der Waals surface area contributed by atoms with Gasteiger partial charge in [0.15, 0.2) is 6.23 Å². The van der Waals surface area contributed by atoms with Crippen LogP contribution in [0.1, 0.15) is 6.23 Å². The van der Waals surface area contributed by atoms with E-state index in [4.69, 9.17) is 31.3 Å². The summed E-state index contributed by atoms with van der Waals surface area (Å²) in [7, 11) is 0. The summed E-state index contributed by atoms with van der Waals surface area (Å²) in [5.41, 5.74) is 6.38. The molecule has 4 heterocycles. The molecule has 0 amide bonds. The maximum Gasteiger partial charge on any atom is 0.325 e. The van der Waals surface area contributed by atoms with Crippen molar-refractivity contribution in [2.24, 2.45) is 0 Å². The zero-order valence-electron chi connectivity index (χ0n) is 11.4. The monoisotopic (exact) mass is 422 g/mol. The Hall–Kier alpha value is -0.650. The highest BCUT2D eigenvalue weighted by atomic mass is 79.9. The van der Waals surface area contributed by atoms with Gasteiger partial charge < -0.3 is 29.6 Å². The lowest BCUT2D eigenvalue weighted by molar-refractivity contribution is -0.0591. The second-order valence-corrected chi connectivity index (χ2v) is 8.88. The van der Waals surface area contributed by atoms with Gasteiger partial charge >= 0.3 is 6.72 Å². The van der Waals surface area contributed by atoms with E-state index < -0.39 is 31.3 Å². The van der Waals surface area contributed by atoms with Crippen LogP contribution in [0.3, 0.4) is 0 Å². The molecular formula is C11H12BrN4O5PS. The molecule has 2 saturated heterocycles. The number of aliphatic hydroxyl groups is 1. The number of ether oxygens (including phenoxy) is 1. The van der Waals surface area contributed by atoms with Gasteiger partial charge in [0.1, 0.15) is 36.1 Å². The first kappa shape index (κ1) is 15.9. The van der Waals surface area contributed by atoms with E-state index in [9.17, 15) is 10.00 Å². The number of hydrogen-bond acceptors (Lipinski definition) is 8. The smallest absolute Gasteiger partial charge is 0.325 e. The van der Waals surface area contributed by atoms with Crippen molar-refractivity contribution in [3.8, 4) is 0 Å². The molecule has 1 unspecified atom stereocenters. The highest BCUT2D eigenvalue weighted by Crippen LogP contribution is 2.53. The molecule has 2 fully saturated rings. The van der Waals surface area contributed by atoms with Gasteiger partial charge in [-0.05, 0) is 27.7 Å². The fourth-order valence-electron chi connectivity index (χ4n) is 2.82. The summed E-state index contributed by atoms with van der Waals surface area (Å²) in [6.45, 7) is -3.27. The molecule has 0 saturated carbocycles. The topological polar surface area (TPSA) is 125 Å². The van der Waals surface area contributed by atoms with E-state index in [-0.39, 0.29) is 6.61 Å². The van der Waals surface area contributed by atoms with E-state index >= 15 is 0 Å². The fourth-order valence-corrected chi connectivity index (χ4v) is 4.87. The Labute approximate surface area is 143 Å². The van der Waals surface area contributed by atoms with Crippen LogP contribution in [0.5, 0.6) is 0 Å². The normalized spacial score (nSPS) is 37.2. The van der Waals surface area contributed by atoms with Crippen molar-refractivity contribution in [2.45, 2.75) is 24.5 Å². The molecular weight excluding hydrogens is 411 g/mol. The average Bonchev–Trinajstić information content (AvgIpc) is 2.98. The van der Waals surface area contributed by atoms with E-state index in [1.807, 2.05) is 0 Å². The van der Waals surface area contributed by atoms with Crippen LogP contribution < -0.4 is 5.73 Å². The van der Waals surface area contributed by atoms with Crippen LogP contribution in [0.25, 0.3) is 11.0 Å². The molecule has 0 aliphatic carbocycles. The first-order valence-corrected chi connectivity index (χ1v) is 10.0. The third-order valence-electron chi connectivity index (χ3n) is 3.83. The lowest BCUT2D eigenvalue weighted by atomic mass is 10.1. The van der Waals surface area contributed by atoms with Gasteiger partial charge in [0.05, 0.1) is 12.0 Å². The molecule has 4 N–H and O–H groups in total. The van der Waals surface area contributed by atoms with Crippen molar-refractivity contribution in [2.75, 3.05) is 12.3 Å². The minimum Gasteiger partial charge on any atom is -0.386 e. The van der Waals surface area contributed by atoms with E-state index in [1.165, 1.54) is 6.33 Å². The van der Waals surface area contributed by atoms with Gasteiger partial charge in [0, 0.05) is 10.7 Å². The lowest BCUT2D eigenvalue weighted by Gasteiger charge is -2.30. The number of nitrogens with zero attached hydrogens (tertiary/aromatic N) is 3. The molecule has 2 aliphatic heterocycles. The predicted molar refractivity (Wildman–Crippen MR) is 86.9 cm³/mol. The minimum atomic E-state index is -3.33. The second-order valence-electron chi connectivity index (χ2n) is 5.23. The van der Waals surface area contributed by atoms with Crippen molar-refractivity contribution in [3.63, 3.8) is 0 Å². The summed E-state index contributed by atoms with van der Waals surface area (Å²) in [4.78, 5) is 17.9. The van der Waals surface area contributed by atoms with Crippen molar-refractivity contribution in [1.82, 2.24) is 14.5 Å². The van der Waals surface area contributed by atoms with Crippen LogP contribution in [0.4, 0.5) is 5.82 Å². The molecule has 2 aromatic heterocycles. The summed E-state index contributed by atoms with van der Waals surface area (Å²) in [5.74, 6) is 0.316. The lowest BCUT2D eigenvalue weighted by Crippen LogP contribution is -2.39. The van der Waals surface area contributed by atoms with Crippen LogP contribution in [0.15, 0.2) is 17.0 Å². The highest BCUT2D eigenvalue weighted by molar-refractivity contribution is 9.10. The third-order valence-corrected chi connectivity index (χ3v) is 5.99.